The largest absolute Gasteiger partial charge is 0.453 e. The van der Waals surface area contributed by atoms with E-state index in [9.17, 15) is 29.7 Å². The lowest BCUT2D eigenvalue weighted by Crippen LogP contribution is -2.58. The van der Waals surface area contributed by atoms with Gasteiger partial charge < -0.3 is 40.2 Å². The van der Waals surface area contributed by atoms with Gasteiger partial charge in [-0.1, -0.05) is 116 Å². The van der Waals surface area contributed by atoms with Crippen LogP contribution in [0.5, 0.6) is 0 Å². The van der Waals surface area contributed by atoms with E-state index in [4.69, 9.17) is 14.2 Å². The SMILES string of the molecule is CC[C@H](C)[C@@H](CNC(=O)[C@@H](NC(=O)[C@H](C(C)C)N(Cc1ccccc1)C(=O)OC)C(C)C)[C@@H](C[C@H](O)N1CCC[C@H]1[C@H](OC)[C@@H](C)[C@@H](O)N[C@H](C)[C@@H](O)c1ccccc1)OC. The summed E-state index contributed by atoms with van der Waals surface area (Å²) in [5.74, 6) is -1.81. The van der Waals surface area contributed by atoms with Crippen molar-refractivity contribution in [3.8, 4) is 0 Å². The topological polar surface area (TPSA) is 182 Å². The minimum absolute atomic E-state index is 0.108. The highest BCUT2D eigenvalue weighted by Gasteiger charge is 2.42. The standard InChI is InChI=1S/C47H77N5O9/c1-12-31(6)36(27-48-45(56)40(29(2)3)50-46(57)41(30(4)5)52(47(58)61-11)28-34-20-15-13-16-21-34)38(59-9)26-39(53)51-25-19-24-37(51)43(60-10)32(7)44(55)49-33(8)42(54)35-22-17-14-18-23-35/h13-18,20-23,29-33,36-44,49,53-55H,12,19,24-28H2,1-11H3,(H,48,56)(H,50,57)/t31-,32+,33+,36+,37-,38+,39-,40-,41-,42+,43+,44+/m0/s1. The number of nitrogens with one attached hydrogen (secondary N) is 3. The highest BCUT2D eigenvalue weighted by molar-refractivity contribution is 5.91. The number of ether oxygens (including phenoxy) is 3. The minimum Gasteiger partial charge on any atom is -0.453 e. The van der Waals surface area contributed by atoms with Crippen LogP contribution in [-0.2, 0) is 30.3 Å². The molecule has 0 spiro atoms. The monoisotopic (exact) mass is 856 g/mol. The highest BCUT2D eigenvalue weighted by Crippen LogP contribution is 2.32. The van der Waals surface area contributed by atoms with E-state index in [1.54, 1.807) is 14.2 Å². The third-order valence-corrected chi connectivity index (χ3v) is 12.6. The van der Waals surface area contributed by atoms with E-state index in [1.807, 2.05) is 107 Å². The quantitative estimate of drug-likeness (QED) is 0.0735. The lowest BCUT2D eigenvalue weighted by Gasteiger charge is -2.40. The normalized spacial score (nSPS) is 20.1. The van der Waals surface area contributed by atoms with E-state index in [-0.39, 0.29) is 61.0 Å². The number of rotatable bonds is 25. The Hall–Kier alpha value is -3.63. The fraction of sp³-hybridized carbons (Fsp3) is 0.681. The van der Waals surface area contributed by atoms with Crippen LogP contribution >= 0.6 is 0 Å². The molecule has 0 bridgehead atoms. The molecule has 6 N–H and O–H groups in total. The van der Waals surface area contributed by atoms with Gasteiger partial charge in [-0.2, -0.15) is 0 Å². The maximum atomic E-state index is 14.0. The van der Waals surface area contributed by atoms with Crippen molar-refractivity contribution in [1.82, 2.24) is 25.8 Å². The first-order valence-electron chi connectivity index (χ1n) is 22.1. The molecule has 0 radical (unpaired) electrons. The van der Waals surface area contributed by atoms with Gasteiger partial charge in [0.05, 0.1) is 25.4 Å². The Bertz CT molecular complexity index is 1590. The predicted molar refractivity (Wildman–Crippen MR) is 237 cm³/mol. The van der Waals surface area contributed by atoms with Crippen molar-refractivity contribution in [1.29, 1.82) is 0 Å². The van der Waals surface area contributed by atoms with Crippen molar-refractivity contribution >= 4 is 17.9 Å². The molecule has 1 aliphatic heterocycles. The highest BCUT2D eigenvalue weighted by atomic mass is 16.5. The molecular formula is C47H77N5O9. The van der Waals surface area contributed by atoms with E-state index >= 15 is 0 Å². The van der Waals surface area contributed by atoms with Crippen molar-refractivity contribution in [2.45, 2.75) is 143 Å². The average molecular weight is 856 g/mol. The number of nitrogens with zero attached hydrogens (tertiary/aromatic N) is 2. The summed E-state index contributed by atoms with van der Waals surface area (Å²) in [5.41, 5.74) is 1.59. The molecule has 3 rings (SSSR count). The van der Waals surface area contributed by atoms with Crippen LogP contribution in [0.4, 0.5) is 4.79 Å². The van der Waals surface area contributed by atoms with Crippen molar-refractivity contribution in [3.63, 3.8) is 0 Å². The van der Waals surface area contributed by atoms with Gasteiger partial charge in [0.15, 0.2) is 0 Å². The first kappa shape index (κ1) is 51.7. The van der Waals surface area contributed by atoms with E-state index < -0.39 is 60.9 Å². The summed E-state index contributed by atoms with van der Waals surface area (Å²) in [6.45, 7) is 16.4. The van der Waals surface area contributed by atoms with Crippen molar-refractivity contribution < 1.29 is 43.9 Å². The molecule has 0 saturated carbocycles. The Morgan fingerprint density at radius 3 is 2.02 bits per heavy atom. The summed E-state index contributed by atoms with van der Waals surface area (Å²) in [6, 6.07) is 16.3. The molecule has 2 aromatic rings. The van der Waals surface area contributed by atoms with Gasteiger partial charge in [-0.15, -0.1) is 0 Å². The number of benzene rings is 2. The number of methoxy groups -OCH3 is 3. The van der Waals surface area contributed by atoms with Crippen molar-refractivity contribution in [2.24, 2.45) is 29.6 Å². The number of hydrogen-bond donors (Lipinski definition) is 6. The number of likely N-dealkylation sites (tertiary alicyclic amines) is 1. The Kier molecular flexibility index (Phi) is 21.6. The molecule has 0 aromatic heterocycles. The molecule has 3 amide bonds. The second-order valence-electron chi connectivity index (χ2n) is 17.6. The van der Waals surface area contributed by atoms with Crippen LogP contribution in [0.2, 0.25) is 0 Å². The van der Waals surface area contributed by atoms with Gasteiger partial charge in [0, 0.05) is 64.2 Å². The lowest BCUT2D eigenvalue weighted by molar-refractivity contribution is -0.134. The lowest BCUT2D eigenvalue weighted by atomic mass is 9.84. The van der Waals surface area contributed by atoms with Crippen LogP contribution in [0.3, 0.4) is 0 Å². The van der Waals surface area contributed by atoms with Gasteiger partial charge in [0.25, 0.3) is 0 Å². The predicted octanol–water partition coefficient (Wildman–Crippen LogP) is 5.07. The molecule has 1 heterocycles. The molecule has 14 nitrogen and oxygen atoms in total. The van der Waals surface area contributed by atoms with E-state index in [1.165, 1.54) is 12.0 Å². The molecule has 0 unspecified atom stereocenters. The summed E-state index contributed by atoms with van der Waals surface area (Å²) < 4.78 is 17.2. The fourth-order valence-electron chi connectivity index (χ4n) is 8.76. The number of hydrogen-bond acceptors (Lipinski definition) is 11. The van der Waals surface area contributed by atoms with Gasteiger partial charge in [0.1, 0.15) is 24.5 Å². The summed E-state index contributed by atoms with van der Waals surface area (Å²) in [5, 5.41) is 43.3. The smallest absolute Gasteiger partial charge is 0.410 e. The van der Waals surface area contributed by atoms with Crippen LogP contribution in [0.1, 0.15) is 98.3 Å². The summed E-state index contributed by atoms with van der Waals surface area (Å²) >= 11 is 0. The van der Waals surface area contributed by atoms with Crippen molar-refractivity contribution in [2.75, 3.05) is 34.4 Å². The van der Waals surface area contributed by atoms with E-state index in [0.29, 0.717) is 6.54 Å². The Labute approximate surface area is 365 Å². The van der Waals surface area contributed by atoms with Crippen molar-refractivity contribution in [3.05, 3.63) is 71.8 Å². The summed E-state index contributed by atoms with van der Waals surface area (Å²) in [7, 11) is 4.52. The summed E-state index contributed by atoms with van der Waals surface area (Å²) in [4.78, 5) is 44.5. The molecule has 61 heavy (non-hydrogen) atoms. The third-order valence-electron chi connectivity index (χ3n) is 12.6. The molecule has 1 saturated heterocycles. The maximum Gasteiger partial charge on any atom is 0.410 e. The summed E-state index contributed by atoms with van der Waals surface area (Å²) in [6.07, 6.45) is -1.51. The Balaban J connectivity index is 1.71. The second-order valence-corrected chi connectivity index (χ2v) is 17.6. The molecule has 12 atom stereocenters. The first-order chi connectivity index (χ1) is 29.0. The zero-order valence-corrected chi connectivity index (χ0v) is 38.5. The second kappa shape index (κ2) is 25.5. The zero-order chi connectivity index (χ0) is 45.4. The van der Waals surface area contributed by atoms with E-state index in [0.717, 1.165) is 30.4 Å². The number of carbonyl (C=O) groups excluding carboxylic acids is 3. The minimum atomic E-state index is -0.986. The van der Waals surface area contributed by atoms with Gasteiger partial charge in [-0.05, 0) is 48.6 Å². The first-order valence-corrected chi connectivity index (χ1v) is 22.1. The molecule has 344 valence electrons. The van der Waals surface area contributed by atoms with Crippen LogP contribution in [-0.4, -0.2) is 126 Å². The third kappa shape index (κ3) is 14.5. The molecule has 14 heteroatoms. The van der Waals surface area contributed by atoms with Crippen LogP contribution < -0.4 is 16.0 Å². The molecule has 1 fully saturated rings. The molecule has 2 aromatic carbocycles. The average Bonchev–Trinajstić information content (AvgIpc) is 3.74. The number of amides is 3. The maximum absolute atomic E-state index is 14.0. The van der Waals surface area contributed by atoms with Crippen LogP contribution in [0.25, 0.3) is 0 Å². The van der Waals surface area contributed by atoms with Crippen LogP contribution in [0.15, 0.2) is 60.7 Å². The van der Waals surface area contributed by atoms with Gasteiger partial charge in [0.2, 0.25) is 11.8 Å². The van der Waals surface area contributed by atoms with Gasteiger partial charge in [-0.25, -0.2) is 4.79 Å². The van der Waals surface area contributed by atoms with Crippen LogP contribution in [0, 0.1) is 29.6 Å². The molecular weight excluding hydrogens is 779 g/mol. The molecule has 0 aliphatic carbocycles. The molecule has 1 aliphatic rings. The number of carbonyl (C=O) groups is 3. The van der Waals surface area contributed by atoms with E-state index in [2.05, 4.69) is 29.8 Å². The zero-order valence-electron chi connectivity index (χ0n) is 38.5. The van der Waals surface area contributed by atoms with Gasteiger partial charge >= 0.3 is 6.09 Å². The fourth-order valence-corrected chi connectivity index (χ4v) is 8.76. The Morgan fingerprint density at radius 2 is 1.48 bits per heavy atom. The number of aliphatic hydroxyl groups is 3. The van der Waals surface area contributed by atoms with Gasteiger partial charge in [-0.3, -0.25) is 24.7 Å². The Morgan fingerprint density at radius 1 is 0.852 bits per heavy atom. The number of aliphatic hydroxyl groups excluding tert-OH is 3.